The number of hydrogen-bond acceptors (Lipinski definition) is 2. The Morgan fingerprint density at radius 2 is 1.87 bits per heavy atom. The molecule has 2 unspecified atom stereocenters. The summed E-state index contributed by atoms with van der Waals surface area (Å²) < 4.78 is 0. The van der Waals surface area contributed by atoms with Gasteiger partial charge in [0, 0.05) is 6.04 Å². The number of rotatable bonds is 5. The van der Waals surface area contributed by atoms with Crippen LogP contribution in [0, 0.1) is 5.92 Å². The normalized spacial score (nSPS) is 31.8. The van der Waals surface area contributed by atoms with E-state index in [9.17, 15) is 0 Å². The van der Waals surface area contributed by atoms with E-state index in [-0.39, 0.29) is 0 Å². The molecule has 1 aliphatic carbocycles. The fourth-order valence-corrected chi connectivity index (χ4v) is 3.61. The minimum Gasteiger partial charge on any atom is -0.300 e. The largest absolute Gasteiger partial charge is 0.300 e. The summed E-state index contributed by atoms with van der Waals surface area (Å²) in [5.41, 5.74) is 0. The van der Waals surface area contributed by atoms with Crippen LogP contribution >= 0.6 is 12.6 Å². The zero-order valence-electron chi connectivity index (χ0n) is 9.83. The second-order valence-corrected chi connectivity index (χ2v) is 5.67. The van der Waals surface area contributed by atoms with Crippen molar-refractivity contribution in [3.05, 3.63) is 0 Å². The van der Waals surface area contributed by atoms with Crippen LogP contribution in [-0.2, 0) is 0 Å². The van der Waals surface area contributed by atoms with Gasteiger partial charge < -0.3 is 4.90 Å². The van der Waals surface area contributed by atoms with Gasteiger partial charge in [-0.3, -0.25) is 0 Å². The first kappa shape index (κ1) is 11.8. The van der Waals surface area contributed by atoms with Gasteiger partial charge in [0.2, 0.25) is 0 Å². The maximum atomic E-state index is 4.26. The minimum atomic E-state index is 0.967. The Labute approximate surface area is 100 Å². The van der Waals surface area contributed by atoms with Crippen LogP contribution in [0.3, 0.4) is 0 Å². The van der Waals surface area contributed by atoms with Gasteiger partial charge in [-0.15, -0.1) is 0 Å². The molecule has 1 saturated heterocycles. The molecule has 1 aliphatic heterocycles. The van der Waals surface area contributed by atoms with E-state index in [4.69, 9.17) is 0 Å². The third-order valence-corrected chi connectivity index (χ3v) is 4.54. The van der Waals surface area contributed by atoms with Crippen LogP contribution in [0.15, 0.2) is 0 Å². The lowest BCUT2D eigenvalue weighted by Gasteiger charge is -2.31. The zero-order valence-corrected chi connectivity index (χ0v) is 10.7. The highest BCUT2D eigenvalue weighted by molar-refractivity contribution is 7.80. The van der Waals surface area contributed by atoms with Crippen molar-refractivity contribution in [2.45, 2.75) is 57.4 Å². The molecule has 0 N–H and O–H groups in total. The van der Waals surface area contributed by atoms with Crippen LogP contribution in [0.25, 0.3) is 0 Å². The second-order valence-electron chi connectivity index (χ2n) is 5.22. The molecule has 2 fully saturated rings. The molecule has 88 valence electrons. The first-order valence-electron chi connectivity index (χ1n) is 6.76. The fourth-order valence-electron chi connectivity index (χ4n) is 3.38. The lowest BCUT2D eigenvalue weighted by atomic mass is 9.85. The standard InChI is InChI=1S/C13H25NS/c15-11-5-1-4-9-14-10-8-12-6-2-3-7-13(12)14/h12-13,15H,1-11H2. The van der Waals surface area contributed by atoms with Crippen molar-refractivity contribution in [1.29, 1.82) is 0 Å². The first-order valence-corrected chi connectivity index (χ1v) is 7.40. The summed E-state index contributed by atoms with van der Waals surface area (Å²) in [5.74, 6) is 2.12. The summed E-state index contributed by atoms with van der Waals surface area (Å²) in [7, 11) is 0. The molecule has 2 heteroatoms. The molecule has 0 amide bonds. The molecule has 0 radical (unpaired) electrons. The van der Waals surface area contributed by atoms with Gasteiger partial charge in [0.1, 0.15) is 0 Å². The number of nitrogens with zero attached hydrogens (tertiary/aromatic N) is 1. The monoisotopic (exact) mass is 227 g/mol. The highest BCUT2D eigenvalue weighted by Crippen LogP contribution is 2.36. The second kappa shape index (κ2) is 6.15. The Hall–Kier alpha value is 0.310. The van der Waals surface area contributed by atoms with Crippen molar-refractivity contribution < 1.29 is 0 Å². The lowest BCUT2D eigenvalue weighted by molar-refractivity contribution is 0.180. The molecular formula is C13H25NS. The van der Waals surface area contributed by atoms with Crippen LogP contribution in [0.1, 0.15) is 51.4 Å². The van der Waals surface area contributed by atoms with Gasteiger partial charge in [0.05, 0.1) is 0 Å². The molecule has 0 bridgehead atoms. The summed E-state index contributed by atoms with van der Waals surface area (Å²) in [6, 6.07) is 0.967. The predicted octanol–water partition coefficient (Wildman–Crippen LogP) is 3.35. The lowest BCUT2D eigenvalue weighted by Crippen LogP contribution is -2.35. The van der Waals surface area contributed by atoms with E-state index in [1.807, 2.05) is 0 Å². The minimum absolute atomic E-state index is 0.967. The number of thiol groups is 1. The van der Waals surface area contributed by atoms with Crippen molar-refractivity contribution in [3.8, 4) is 0 Å². The van der Waals surface area contributed by atoms with E-state index in [2.05, 4.69) is 17.5 Å². The quantitative estimate of drug-likeness (QED) is 0.557. The molecule has 1 nitrogen and oxygen atoms in total. The van der Waals surface area contributed by atoms with Crippen molar-refractivity contribution >= 4 is 12.6 Å². The number of unbranched alkanes of at least 4 members (excludes halogenated alkanes) is 2. The van der Waals surface area contributed by atoms with Gasteiger partial charge in [-0.05, 0) is 56.9 Å². The molecule has 2 atom stereocenters. The third kappa shape index (κ3) is 3.13. The maximum Gasteiger partial charge on any atom is 0.0124 e. The Morgan fingerprint density at radius 3 is 2.73 bits per heavy atom. The highest BCUT2D eigenvalue weighted by Gasteiger charge is 2.34. The van der Waals surface area contributed by atoms with E-state index in [1.54, 1.807) is 0 Å². The van der Waals surface area contributed by atoms with Crippen LogP contribution < -0.4 is 0 Å². The van der Waals surface area contributed by atoms with Gasteiger partial charge in [0.25, 0.3) is 0 Å². The van der Waals surface area contributed by atoms with Gasteiger partial charge in [-0.1, -0.05) is 19.3 Å². The molecule has 1 saturated carbocycles. The smallest absolute Gasteiger partial charge is 0.0124 e. The van der Waals surface area contributed by atoms with Gasteiger partial charge in [-0.2, -0.15) is 12.6 Å². The molecule has 0 aromatic heterocycles. The van der Waals surface area contributed by atoms with Crippen molar-refractivity contribution in [2.24, 2.45) is 5.92 Å². The molecule has 2 aliphatic rings. The van der Waals surface area contributed by atoms with E-state index >= 15 is 0 Å². The van der Waals surface area contributed by atoms with E-state index < -0.39 is 0 Å². The van der Waals surface area contributed by atoms with Crippen molar-refractivity contribution in [1.82, 2.24) is 4.90 Å². The number of hydrogen-bond donors (Lipinski definition) is 1. The van der Waals surface area contributed by atoms with Gasteiger partial charge >= 0.3 is 0 Å². The predicted molar refractivity (Wildman–Crippen MR) is 69.6 cm³/mol. The summed E-state index contributed by atoms with van der Waals surface area (Å²) in [5, 5.41) is 0. The zero-order chi connectivity index (χ0) is 10.5. The van der Waals surface area contributed by atoms with E-state index in [1.165, 1.54) is 64.5 Å². The number of likely N-dealkylation sites (tertiary alicyclic amines) is 1. The van der Waals surface area contributed by atoms with Crippen LogP contribution in [0.4, 0.5) is 0 Å². The summed E-state index contributed by atoms with van der Waals surface area (Å²) in [4.78, 5) is 2.78. The average molecular weight is 227 g/mol. The summed E-state index contributed by atoms with van der Waals surface area (Å²) >= 11 is 4.26. The molecule has 1 heterocycles. The topological polar surface area (TPSA) is 3.24 Å². The molecule has 0 aromatic carbocycles. The maximum absolute atomic E-state index is 4.26. The Kier molecular flexibility index (Phi) is 4.83. The van der Waals surface area contributed by atoms with Crippen molar-refractivity contribution in [3.63, 3.8) is 0 Å². The van der Waals surface area contributed by atoms with Crippen molar-refractivity contribution in [2.75, 3.05) is 18.8 Å². The molecular weight excluding hydrogens is 202 g/mol. The van der Waals surface area contributed by atoms with E-state index in [0.29, 0.717) is 0 Å². The Morgan fingerprint density at radius 1 is 1.00 bits per heavy atom. The van der Waals surface area contributed by atoms with Crippen LogP contribution in [0.5, 0.6) is 0 Å². The summed E-state index contributed by atoms with van der Waals surface area (Å²) in [6.07, 6.45) is 11.5. The Bertz CT molecular complexity index is 183. The van der Waals surface area contributed by atoms with Crippen LogP contribution in [-0.4, -0.2) is 29.8 Å². The molecule has 0 spiro atoms. The summed E-state index contributed by atoms with van der Waals surface area (Å²) in [6.45, 7) is 2.74. The van der Waals surface area contributed by atoms with Gasteiger partial charge in [0.15, 0.2) is 0 Å². The fraction of sp³-hybridized carbons (Fsp3) is 1.00. The first-order chi connectivity index (χ1) is 7.42. The third-order valence-electron chi connectivity index (χ3n) is 4.23. The number of fused-ring (bicyclic) bond motifs is 1. The van der Waals surface area contributed by atoms with Crippen LogP contribution in [0.2, 0.25) is 0 Å². The molecule has 15 heavy (non-hydrogen) atoms. The average Bonchev–Trinajstić information content (AvgIpc) is 2.68. The van der Waals surface area contributed by atoms with E-state index in [0.717, 1.165) is 17.7 Å². The van der Waals surface area contributed by atoms with Gasteiger partial charge in [-0.25, -0.2) is 0 Å². The molecule has 2 rings (SSSR count). The SMILES string of the molecule is SCCCCCN1CCC2CCCCC21. The molecule has 0 aromatic rings. The highest BCUT2D eigenvalue weighted by atomic mass is 32.1. The Balaban J connectivity index is 1.69.